The van der Waals surface area contributed by atoms with Gasteiger partial charge >= 0.3 is 0 Å². The van der Waals surface area contributed by atoms with Crippen LogP contribution in [0.5, 0.6) is 5.88 Å². The summed E-state index contributed by atoms with van der Waals surface area (Å²) >= 11 is 0. The van der Waals surface area contributed by atoms with Crippen LogP contribution in [-0.2, 0) is 32.5 Å². The number of hydrogen-bond donors (Lipinski definition) is 0. The standard InChI is InChI=1S/C24H24N2O5S/c1-4-26-24(31-15-17-8-6-5-7-9-17)20(13-25-26)19-10-11-22-23(16(19)2)21(30-3)12-18(14-27)32(22,28)29/h5-11,13,21H,4,12,15H2,1-3H3. The lowest BCUT2D eigenvalue weighted by molar-refractivity contribution is 0.101. The van der Waals surface area contributed by atoms with Gasteiger partial charge in [-0.2, -0.15) is 5.10 Å². The topological polar surface area (TPSA) is 87.5 Å². The van der Waals surface area contributed by atoms with Gasteiger partial charge in [-0.15, -0.1) is 0 Å². The van der Waals surface area contributed by atoms with Crippen LogP contribution in [0.2, 0.25) is 0 Å². The fourth-order valence-corrected chi connectivity index (χ4v) is 5.67. The lowest BCUT2D eigenvalue weighted by atomic mass is 9.93. The molecule has 0 aliphatic carbocycles. The third-order valence-electron chi connectivity index (χ3n) is 5.78. The van der Waals surface area contributed by atoms with Gasteiger partial charge in [0.2, 0.25) is 15.7 Å². The van der Waals surface area contributed by atoms with Gasteiger partial charge in [0.05, 0.1) is 22.8 Å². The van der Waals surface area contributed by atoms with Gasteiger partial charge in [0.25, 0.3) is 0 Å². The van der Waals surface area contributed by atoms with Crippen LogP contribution in [0.15, 0.2) is 58.5 Å². The Morgan fingerprint density at radius 3 is 2.56 bits per heavy atom. The zero-order valence-corrected chi connectivity index (χ0v) is 19.0. The molecule has 0 radical (unpaired) electrons. The number of fused-ring (bicyclic) bond motifs is 1. The first kappa shape index (κ1) is 22.0. The summed E-state index contributed by atoms with van der Waals surface area (Å²) in [5.74, 6) is 2.19. The summed E-state index contributed by atoms with van der Waals surface area (Å²) in [5.41, 5.74) is 3.92. The zero-order chi connectivity index (χ0) is 22.9. The molecule has 3 aromatic rings. The van der Waals surface area contributed by atoms with E-state index in [4.69, 9.17) is 9.47 Å². The molecule has 0 fully saturated rings. The highest BCUT2D eigenvalue weighted by atomic mass is 32.2. The number of benzene rings is 2. The minimum atomic E-state index is -3.89. The van der Waals surface area contributed by atoms with Crippen LogP contribution in [0.1, 0.15) is 36.1 Å². The van der Waals surface area contributed by atoms with E-state index in [0.29, 0.717) is 24.6 Å². The monoisotopic (exact) mass is 452 g/mol. The van der Waals surface area contributed by atoms with Gasteiger partial charge < -0.3 is 9.47 Å². The molecule has 0 saturated heterocycles. The molecule has 4 rings (SSSR count). The fourth-order valence-electron chi connectivity index (χ4n) is 4.10. The highest BCUT2D eigenvalue weighted by Crippen LogP contribution is 2.45. The number of rotatable bonds is 6. The molecule has 2 heterocycles. The van der Waals surface area contributed by atoms with E-state index in [1.54, 1.807) is 22.9 Å². The molecular weight excluding hydrogens is 428 g/mol. The molecule has 1 aliphatic rings. The summed E-state index contributed by atoms with van der Waals surface area (Å²) in [4.78, 5) is 11.1. The number of nitrogens with zero attached hydrogens (tertiary/aromatic N) is 2. The Morgan fingerprint density at radius 1 is 1.16 bits per heavy atom. The number of carbonyl (C=O) groups excluding carboxylic acids is 1. The van der Waals surface area contributed by atoms with E-state index in [9.17, 15) is 13.2 Å². The van der Waals surface area contributed by atoms with Crippen molar-refractivity contribution >= 4 is 15.8 Å². The average molecular weight is 453 g/mol. The van der Waals surface area contributed by atoms with Crippen LogP contribution in [0.4, 0.5) is 0 Å². The number of ether oxygens (including phenoxy) is 2. The van der Waals surface area contributed by atoms with E-state index in [2.05, 4.69) is 5.10 Å². The van der Waals surface area contributed by atoms with E-state index in [1.165, 1.54) is 13.2 Å². The minimum absolute atomic E-state index is 0.0365. The summed E-state index contributed by atoms with van der Waals surface area (Å²) in [6.45, 7) is 4.84. The van der Waals surface area contributed by atoms with Crippen molar-refractivity contribution in [2.45, 2.75) is 44.4 Å². The van der Waals surface area contributed by atoms with Gasteiger partial charge in [0, 0.05) is 25.6 Å². The molecule has 2 aromatic carbocycles. The smallest absolute Gasteiger partial charge is 0.220 e. The summed E-state index contributed by atoms with van der Waals surface area (Å²) in [5, 5.41) is 4.46. The lowest BCUT2D eigenvalue weighted by Crippen LogP contribution is -2.21. The van der Waals surface area contributed by atoms with Crippen LogP contribution >= 0.6 is 0 Å². The molecule has 0 spiro atoms. The molecule has 0 saturated carbocycles. The van der Waals surface area contributed by atoms with Crippen molar-refractivity contribution in [3.8, 4) is 17.0 Å². The Bertz CT molecular complexity index is 1310. The van der Waals surface area contributed by atoms with Crippen molar-refractivity contribution in [2.75, 3.05) is 7.11 Å². The van der Waals surface area contributed by atoms with E-state index in [0.717, 1.165) is 22.3 Å². The third-order valence-corrected chi connectivity index (χ3v) is 7.61. The van der Waals surface area contributed by atoms with Crippen LogP contribution in [-0.4, -0.2) is 31.2 Å². The summed E-state index contributed by atoms with van der Waals surface area (Å²) in [7, 11) is -2.39. The molecule has 0 bridgehead atoms. The van der Waals surface area contributed by atoms with Gasteiger partial charge in [0.15, 0.2) is 0 Å². The third kappa shape index (κ3) is 3.66. The molecule has 1 aliphatic heterocycles. The molecule has 0 N–H and O–H groups in total. The van der Waals surface area contributed by atoms with Gasteiger partial charge in [-0.3, -0.25) is 0 Å². The second kappa shape index (κ2) is 8.74. The van der Waals surface area contributed by atoms with Crippen molar-refractivity contribution < 1.29 is 22.7 Å². The van der Waals surface area contributed by atoms with E-state index >= 15 is 0 Å². The Balaban J connectivity index is 1.82. The van der Waals surface area contributed by atoms with Crippen LogP contribution in [0.3, 0.4) is 0 Å². The lowest BCUT2D eigenvalue weighted by Gasteiger charge is -2.27. The van der Waals surface area contributed by atoms with Crippen LogP contribution < -0.4 is 4.74 Å². The zero-order valence-electron chi connectivity index (χ0n) is 18.2. The molecule has 1 atom stereocenters. The second-order valence-electron chi connectivity index (χ2n) is 7.56. The maximum absolute atomic E-state index is 12.9. The fraction of sp³-hybridized carbons (Fsp3) is 0.292. The van der Waals surface area contributed by atoms with Gasteiger partial charge in [-0.1, -0.05) is 36.4 Å². The Morgan fingerprint density at radius 2 is 1.91 bits per heavy atom. The molecule has 7 nitrogen and oxygen atoms in total. The highest BCUT2D eigenvalue weighted by Gasteiger charge is 2.37. The predicted molar refractivity (Wildman–Crippen MR) is 120 cm³/mol. The van der Waals surface area contributed by atoms with Crippen molar-refractivity contribution in [3.05, 3.63) is 70.3 Å². The predicted octanol–water partition coefficient (Wildman–Crippen LogP) is 4.04. The molecular formula is C24H24N2O5S. The van der Waals surface area contributed by atoms with Gasteiger partial charge in [-0.05, 0) is 36.6 Å². The maximum Gasteiger partial charge on any atom is 0.220 e. The quantitative estimate of drug-likeness (QED) is 0.525. The molecule has 0 amide bonds. The largest absolute Gasteiger partial charge is 0.473 e. The number of aryl methyl sites for hydroxylation is 1. The van der Waals surface area contributed by atoms with E-state index in [-0.39, 0.29) is 16.2 Å². The summed E-state index contributed by atoms with van der Waals surface area (Å²) < 4.78 is 39.3. The Hall–Kier alpha value is -3.19. The SMILES string of the molecule is CCn1ncc(-c2ccc3c(c2C)C(OC)CC(=C=O)S3(=O)=O)c1OCc1ccccc1. The first-order valence-electron chi connectivity index (χ1n) is 10.3. The molecule has 1 unspecified atom stereocenters. The molecule has 1 aromatic heterocycles. The first-order chi connectivity index (χ1) is 15.4. The van der Waals surface area contributed by atoms with Gasteiger partial charge in [0.1, 0.15) is 17.5 Å². The average Bonchev–Trinajstić information content (AvgIpc) is 3.21. The first-order valence-corrected chi connectivity index (χ1v) is 11.8. The van der Waals surface area contributed by atoms with Crippen molar-refractivity contribution in [2.24, 2.45) is 0 Å². The Labute approximate surface area is 187 Å². The highest BCUT2D eigenvalue weighted by molar-refractivity contribution is 7.95. The van der Waals surface area contributed by atoms with E-state index < -0.39 is 15.9 Å². The summed E-state index contributed by atoms with van der Waals surface area (Å²) in [6, 6.07) is 13.1. The number of methoxy groups -OCH3 is 1. The van der Waals surface area contributed by atoms with Crippen LogP contribution in [0.25, 0.3) is 11.1 Å². The number of aromatic nitrogens is 2. The van der Waals surface area contributed by atoms with Crippen molar-refractivity contribution in [1.29, 1.82) is 0 Å². The van der Waals surface area contributed by atoms with Crippen molar-refractivity contribution in [1.82, 2.24) is 9.78 Å². The molecule has 166 valence electrons. The van der Waals surface area contributed by atoms with E-state index in [1.807, 2.05) is 44.2 Å². The van der Waals surface area contributed by atoms with Crippen LogP contribution in [0, 0.1) is 6.92 Å². The van der Waals surface area contributed by atoms with Gasteiger partial charge in [-0.25, -0.2) is 17.9 Å². The number of sulfone groups is 1. The Kier molecular flexibility index (Phi) is 6.02. The normalized spacial score (nSPS) is 17.0. The van der Waals surface area contributed by atoms with Crippen molar-refractivity contribution in [3.63, 3.8) is 0 Å². The number of hydrogen-bond acceptors (Lipinski definition) is 6. The second-order valence-corrected chi connectivity index (χ2v) is 9.50. The summed E-state index contributed by atoms with van der Waals surface area (Å²) in [6.07, 6.45) is 1.14. The maximum atomic E-state index is 12.9. The molecule has 32 heavy (non-hydrogen) atoms. The molecule has 8 heteroatoms. The minimum Gasteiger partial charge on any atom is -0.473 e.